The SMILES string of the molecule is N#Cc1ccc(COc2cccc(N3CC4N(Cc5nc6ccc(C(=O)O)cc6n5CC5CCO5)C5CCC543)n2)c(F)c1. The molecule has 43 heavy (non-hydrogen) atoms. The molecule has 4 unspecified atom stereocenters. The highest BCUT2D eigenvalue weighted by atomic mass is 19.1. The Morgan fingerprint density at radius 2 is 2.05 bits per heavy atom. The Balaban J connectivity index is 0.988. The molecule has 4 atom stereocenters. The van der Waals surface area contributed by atoms with Gasteiger partial charge in [0.15, 0.2) is 0 Å². The average molecular weight is 581 g/mol. The number of benzene rings is 2. The fourth-order valence-corrected chi connectivity index (χ4v) is 7.29. The molecule has 218 valence electrons. The van der Waals surface area contributed by atoms with Crippen LogP contribution in [0.4, 0.5) is 10.2 Å². The number of halogens is 1. The third-order valence-corrected chi connectivity index (χ3v) is 9.75. The Bertz CT molecular complexity index is 1810. The number of carboxylic acid groups (broad SMARTS) is 1. The molecule has 1 N–H and O–H groups in total. The fraction of sp³-hybridized carbons (Fsp3) is 0.375. The normalized spacial score (nSPS) is 25.4. The fourth-order valence-electron chi connectivity index (χ4n) is 7.29. The number of hydrogen-bond donors (Lipinski definition) is 1. The molecule has 1 aliphatic carbocycles. The molecule has 4 aromatic rings. The Morgan fingerprint density at radius 1 is 1.16 bits per heavy atom. The topological polar surface area (TPSA) is 117 Å². The molecule has 2 aromatic heterocycles. The van der Waals surface area contributed by atoms with Gasteiger partial charge in [0, 0.05) is 30.8 Å². The van der Waals surface area contributed by atoms with E-state index in [4.69, 9.17) is 24.7 Å². The number of aromatic carboxylic acids is 1. The molecule has 3 aliphatic heterocycles. The molecule has 1 spiro atoms. The van der Waals surface area contributed by atoms with Gasteiger partial charge in [0.2, 0.25) is 5.88 Å². The highest BCUT2D eigenvalue weighted by molar-refractivity contribution is 5.92. The summed E-state index contributed by atoms with van der Waals surface area (Å²) in [4.78, 5) is 26.3. The van der Waals surface area contributed by atoms with E-state index in [1.807, 2.05) is 18.2 Å². The van der Waals surface area contributed by atoms with Crippen LogP contribution in [0.2, 0.25) is 0 Å². The lowest BCUT2D eigenvalue weighted by atomic mass is 9.52. The lowest BCUT2D eigenvalue weighted by Crippen LogP contribution is -2.96. The van der Waals surface area contributed by atoms with Gasteiger partial charge in [-0.05, 0) is 55.7 Å². The summed E-state index contributed by atoms with van der Waals surface area (Å²) < 4.78 is 28.0. The van der Waals surface area contributed by atoms with Crippen LogP contribution in [-0.4, -0.2) is 67.4 Å². The summed E-state index contributed by atoms with van der Waals surface area (Å²) in [5.41, 5.74) is 2.59. The lowest BCUT2D eigenvalue weighted by molar-refractivity contribution is -0.192. The summed E-state index contributed by atoms with van der Waals surface area (Å²) in [6, 6.07) is 17.9. The number of rotatable bonds is 9. The van der Waals surface area contributed by atoms with Crippen molar-refractivity contribution in [3.8, 4) is 11.9 Å². The third-order valence-electron chi connectivity index (χ3n) is 9.75. The molecule has 0 amide bonds. The standard InChI is InChI=1S/C32H29FN6O4/c33-23-12-19(14-34)4-5-21(23)18-43-30-3-1-2-28(36-30)39-16-27-32(39)10-8-26(32)38(27)17-29-35-24-7-6-20(31(40)41)13-25(24)37(29)15-22-9-11-42-22/h1-7,12-13,22,26-27H,8-11,15-18H2,(H,40,41). The van der Waals surface area contributed by atoms with Crippen molar-refractivity contribution in [2.45, 2.75) is 62.7 Å². The number of nitriles is 1. The van der Waals surface area contributed by atoms with Gasteiger partial charge in [-0.2, -0.15) is 10.2 Å². The maximum absolute atomic E-state index is 14.3. The molecule has 0 bridgehead atoms. The van der Waals surface area contributed by atoms with Gasteiger partial charge in [-0.3, -0.25) is 4.90 Å². The van der Waals surface area contributed by atoms with Crippen LogP contribution in [0.3, 0.4) is 0 Å². The highest BCUT2D eigenvalue weighted by Crippen LogP contribution is 2.61. The minimum absolute atomic E-state index is 0.0268. The van der Waals surface area contributed by atoms with Crippen molar-refractivity contribution in [1.29, 1.82) is 5.26 Å². The molecule has 4 fully saturated rings. The van der Waals surface area contributed by atoms with E-state index >= 15 is 0 Å². The second kappa shape index (κ2) is 9.76. The first-order valence-corrected chi connectivity index (χ1v) is 14.6. The van der Waals surface area contributed by atoms with Gasteiger partial charge in [0.05, 0.1) is 59.0 Å². The van der Waals surface area contributed by atoms with E-state index in [1.165, 1.54) is 6.07 Å². The van der Waals surface area contributed by atoms with Gasteiger partial charge in [-0.15, -0.1) is 0 Å². The predicted octanol–water partition coefficient (Wildman–Crippen LogP) is 4.11. The zero-order valence-corrected chi connectivity index (χ0v) is 23.3. The number of fused-ring (bicyclic) bond motifs is 1. The lowest BCUT2D eigenvalue weighted by Gasteiger charge is -2.80. The average Bonchev–Trinajstić information content (AvgIpc) is 3.29. The van der Waals surface area contributed by atoms with Gasteiger partial charge in [-0.1, -0.05) is 12.1 Å². The summed E-state index contributed by atoms with van der Waals surface area (Å²) in [6.07, 6.45) is 3.30. The molecular weight excluding hydrogens is 551 g/mol. The number of anilines is 1. The van der Waals surface area contributed by atoms with Crippen LogP contribution in [0, 0.1) is 17.1 Å². The number of piperidine rings is 1. The first-order chi connectivity index (χ1) is 20.9. The quantitative estimate of drug-likeness (QED) is 0.312. The number of nitrogens with zero attached hydrogens (tertiary/aromatic N) is 6. The smallest absolute Gasteiger partial charge is 0.335 e. The molecule has 3 saturated heterocycles. The van der Waals surface area contributed by atoms with Crippen LogP contribution in [-0.2, 0) is 24.4 Å². The van der Waals surface area contributed by atoms with E-state index < -0.39 is 11.8 Å². The third kappa shape index (κ3) is 4.01. The molecular formula is C32H29FN6O4. The molecule has 1 saturated carbocycles. The second-order valence-corrected chi connectivity index (χ2v) is 11.8. The first-order valence-electron chi connectivity index (χ1n) is 14.6. The van der Waals surface area contributed by atoms with Gasteiger partial charge in [-0.25, -0.2) is 14.2 Å². The van der Waals surface area contributed by atoms with Crippen LogP contribution in [0.15, 0.2) is 54.6 Å². The Morgan fingerprint density at radius 3 is 2.74 bits per heavy atom. The van der Waals surface area contributed by atoms with Crippen molar-refractivity contribution < 1.29 is 23.8 Å². The Kier molecular flexibility index (Phi) is 5.93. The molecule has 11 heteroatoms. The van der Waals surface area contributed by atoms with E-state index in [0.29, 0.717) is 36.6 Å². The van der Waals surface area contributed by atoms with Gasteiger partial charge >= 0.3 is 5.97 Å². The molecule has 8 rings (SSSR count). The number of hydrogen-bond acceptors (Lipinski definition) is 8. The number of carbonyl (C=O) groups is 1. The number of carboxylic acids is 1. The van der Waals surface area contributed by atoms with E-state index in [-0.39, 0.29) is 29.4 Å². The maximum atomic E-state index is 14.3. The zero-order valence-electron chi connectivity index (χ0n) is 23.3. The Hall–Kier alpha value is -4.53. The van der Waals surface area contributed by atoms with Crippen molar-refractivity contribution in [1.82, 2.24) is 19.4 Å². The van der Waals surface area contributed by atoms with Crippen LogP contribution < -0.4 is 9.64 Å². The Labute approximate surface area is 246 Å². The maximum Gasteiger partial charge on any atom is 0.335 e. The number of likely N-dealkylation sites (tertiary alicyclic amines) is 1. The van der Waals surface area contributed by atoms with Crippen LogP contribution in [0.1, 0.15) is 46.6 Å². The number of aromatic nitrogens is 3. The van der Waals surface area contributed by atoms with E-state index in [1.54, 1.807) is 36.4 Å². The highest BCUT2D eigenvalue weighted by Gasteiger charge is 2.75. The van der Waals surface area contributed by atoms with Crippen LogP contribution >= 0.6 is 0 Å². The van der Waals surface area contributed by atoms with Gasteiger partial charge < -0.3 is 24.0 Å². The van der Waals surface area contributed by atoms with E-state index in [0.717, 1.165) is 55.1 Å². The van der Waals surface area contributed by atoms with Crippen LogP contribution in [0.25, 0.3) is 11.0 Å². The number of imidazole rings is 1. The molecule has 5 heterocycles. The van der Waals surface area contributed by atoms with Gasteiger partial charge in [0.25, 0.3) is 0 Å². The van der Waals surface area contributed by atoms with Crippen molar-refractivity contribution in [3.63, 3.8) is 0 Å². The summed E-state index contributed by atoms with van der Waals surface area (Å²) in [6.45, 7) is 2.99. The zero-order chi connectivity index (χ0) is 29.3. The van der Waals surface area contributed by atoms with Gasteiger partial charge in [0.1, 0.15) is 24.1 Å². The van der Waals surface area contributed by atoms with E-state index in [2.05, 4.69) is 14.4 Å². The first kappa shape index (κ1) is 26.1. The summed E-state index contributed by atoms with van der Waals surface area (Å²) in [5.74, 6) is 0.810. The minimum Gasteiger partial charge on any atom is -0.478 e. The monoisotopic (exact) mass is 580 g/mol. The molecule has 10 nitrogen and oxygen atoms in total. The summed E-state index contributed by atoms with van der Waals surface area (Å²) >= 11 is 0. The summed E-state index contributed by atoms with van der Waals surface area (Å²) in [5, 5.41) is 18.5. The largest absolute Gasteiger partial charge is 0.478 e. The number of pyridine rings is 1. The molecule has 4 aliphatic rings. The molecule has 0 radical (unpaired) electrons. The van der Waals surface area contributed by atoms with E-state index in [9.17, 15) is 14.3 Å². The van der Waals surface area contributed by atoms with Crippen molar-refractivity contribution in [2.75, 3.05) is 18.1 Å². The number of ether oxygens (including phenoxy) is 2. The van der Waals surface area contributed by atoms with Crippen molar-refractivity contribution >= 4 is 22.8 Å². The van der Waals surface area contributed by atoms with Crippen molar-refractivity contribution in [3.05, 3.63) is 82.9 Å². The molecule has 2 aromatic carbocycles. The summed E-state index contributed by atoms with van der Waals surface area (Å²) in [7, 11) is 0. The van der Waals surface area contributed by atoms with Crippen LogP contribution in [0.5, 0.6) is 5.88 Å². The van der Waals surface area contributed by atoms with Crippen molar-refractivity contribution in [2.24, 2.45) is 0 Å². The number of piperazine rings is 1. The second-order valence-electron chi connectivity index (χ2n) is 11.8. The predicted molar refractivity (Wildman–Crippen MR) is 153 cm³/mol. The minimum atomic E-state index is -0.947.